The lowest BCUT2D eigenvalue weighted by Gasteiger charge is -2.25. The summed E-state index contributed by atoms with van der Waals surface area (Å²) in [5.74, 6) is -0.505. The average Bonchev–Trinajstić information content (AvgIpc) is 2.81. The van der Waals surface area contributed by atoms with Crippen molar-refractivity contribution in [2.24, 2.45) is 0 Å². The third kappa shape index (κ3) is 6.47. The van der Waals surface area contributed by atoms with Gasteiger partial charge >= 0.3 is 0 Å². The molecule has 0 fully saturated rings. The Kier molecular flexibility index (Phi) is 7.99. The van der Waals surface area contributed by atoms with Gasteiger partial charge in [0, 0.05) is 14.1 Å². The van der Waals surface area contributed by atoms with Gasteiger partial charge in [-0.15, -0.1) is 0 Å². The molecule has 35 heavy (non-hydrogen) atoms. The fourth-order valence-electron chi connectivity index (χ4n) is 3.50. The Morgan fingerprint density at radius 3 is 1.89 bits per heavy atom. The largest absolute Gasteiger partial charge is 0.344 e. The monoisotopic (exact) mass is 515 g/mol. The summed E-state index contributed by atoms with van der Waals surface area (Å²) >= 11 is 0. The normalized spacial score (nSPS) is 12.8. The number of carbonyl (C=O) groups excluding carboxylic acids is 1. The summed E-state index contributed by atoms with van der Waals surface area (Å²) < 4.78 is 51.8. The van der Waals surface area contributed by atoms with Crippen molar-refractivity contribution < 1.29 is 21.6 Å². The van der Waals surface area contributed by atoms with Gasteiger partial charge in [0.05, 0.1) is 22.9 Å². The third-order valence-corrected chi connectivity index (χ3v) is 8.41. The Hall–Kier alpha value is -3.21. The second kappa shape index (κ2) is 10.6. The van der Waals surface area contributed by atoms with Gasteiger partial charge in [0.2, 0.25) is 26.0 Å². The summed E-state index contributed by atoms with van der Waals surface area (Å²) in [6, 6.07) is 22.1. The number of carbonyl (C=O) groups is 1. The van der Waals surface area contributed by atoms with Crippen LogP contribution >= 0.6 is 0 Å². The molecule has 3 aromatic rings. The SMILES string of the molecule is Cc1ccc(C(NC(=O)CN(c2ccc(S(=O)(=O)N(C)C)cc2)S(C)(=O)=O)c2ccccc2)cc1. The van der Waals surface area contributed by atoms with Gasteiger partial charge in [-0.3, -0.25) is 9.10 Å². The highest BCUT2D eigenvalue weighted by Crippen LogP contribution is 2.24. The minimum Gasteiger partial charge on any atom is -0.344 e. The molecule has 186 valence electrons. The molecular formula is C25H29N3O5S2. The van der Waals surface area contributed by atoms with Crippen LogP contribution < -0.4 is 9.62 Å². The van der Waals surface area contributed by atoms with E-state index in [4.69, 9.17) is 0 Å². The molecule has 0 aliphatic heterocycles. The van der Waals surface area contributed by atoms with Gasteiger partial charge in [0.15, 0.2) is 0 Å². The minimum absolute atomic E-state index is 0.0210. The third-order valence-electron chi connectivity index (χ3n) is 5.44. The summed E-state index contributed by atoms with van der Waals surface area (Å²) in [6.07, 6.45) is 0.999. The first kappa shape index (κ1) is 26.4. The molecule has 3 aromatic carbocycles. The highest BCUT2D eigenvalue weighted by Gasteiger charge is 2.25. The second-order valence-electron chi connectivity index (χ2n) is 8.37. The van der Waals surface area contributed by atoms with Crippen molar-refractivity contribution in [2.45, 2.75) is 17.9 Å². The summed E-state index contributed by atoms with van der Waals surface area (Å²) in [5.41, 5.74) is 2.98. The number of hydrogen-bond acceptors (Lipinski definition) is 5. The lowest BCUT2D eigenvalue weighted by molar-refractivity contribution is -0.120. The summed E-state index contributed by atoms with van der Waals surface area (Å²) in [6.45, 7) is 1.51. The highest BCUT2D eigenvalue weighted by molar-refractivity contribution is 7.92. The molecule has 0 bridgehead atoms. The number of aryl methyl sites for hydroxylation is 1. The molecule has 0 aliphatic rings. The van der Waals surface area contributed by atoms with E-state index in [9.17, 15) is 21.6 Å². The molecule has 0 aliphatic carbocycles. The van der Waals surface area contributed by atoms with E-state index in [1.807, 2.05) is 61.5 Å². The molecular weight excluding hydrogens is 486 g/mol. The maximum atomic E-state index is 13.1. The number of benzene rings is 3. The van der Waals surface area contributed by atoms with Gasteiger partial charge in [-0.2, -0.15) is 0 Å². The fourth-order valence-corrected chi connectivity index (χ4v) is 5.25. The van der Waals surface area contributed by atoms with Gasteiger partial charge in [0.1, 0.15) is 6.54 Å². The van der Waals surface area contributed by atoms with Crippen LogP contribution in [0.5, 0.6) is 0 Å². The van der Waals surface area contributed by atoms with Crippen LogP contribution in [0.3, 0.4) is 0 Å². The van der Waals surface area contributed by atoms with E-state index in [0.29, 0.717) is 0 Å². The number of amides is 1. The quantitative estimate of drug-likeness (QED) is 0.472. The van der Waals surface area contributed by atoms with Crippen LogP contribution in [-0.2, 0) is 24.8 Å². The van der Waals surface area contributed by atoms with Crippen molar-refractivity contribution in [2.75, 3.05) is 31.2 Å². The van der Waals surface area contributed by atoms with Crippen LogP contribution in [0.15, 0.2) is 83.8 Å². The fraction of sp³-hybridized carbons (Fsp3) is 0.240. The highest BCUT2D eigenvalue weighted by atomic mass is 32.2. The molecule has 0 aromatic heterocycles. The van der Waals surface area contributed by atoms with E-state index in [-0.39, 0.29) is 10.6 Å². The number of nitrogens with one attached hydrogen (secondary N) is 1. The zero-order chi connectivity index (χ0) is 25.8. The molecule has 0 heterocycles. The molecule has 3 rings (SSSR count). The minimum atomic E-state index is -3.84. The van der Waals surface area contributed by atoms with Crippen molar-refractivity contribution in [1.29, 1.82) is 0 Å². The first-order chi connectivity index (χ1) is 16.4. The maximum absolute atomic E-state index is 13.1. The van der Waals surface area contributed by atoms with Crippen LogP contribution in [-0.4, -0.2) is 53.9 Å². The summed E-state index contributed by atoms with van der Waals surface area (Å²) in [5, 5.41) is 2.94. The maximum Gasteiger partial charge on any atom is 0.242 e. The molecule has 0 saturated heterocycles. The number of sulfonamides is 2. The molecule has 10 heteroatoms. The van der Waals surface area contributed by atoms with Crippen molar-refractivity contribution in [3.8, 4) is 0 Å². The van der Waals surface area contributed by atoms with E-state index >= 15 is 0 Å². The van der Waals surface area contributed by atoms with Gasteiger partial charge in [-0.05, 0) is 42.3 Å². The van der Waals surface area contributed by atoms with E-state index < -0.39 is 38.5 Å². The van der Waals surface area contributed by atoms with Gasteiger partial charge in [-0.25, -0.2) is 21.1 Å². The van der Waals surface area contributed by atoms with E-state index in [0.717, 1.165) is 31.6 Å². The Bertz CT molecular complexity index is 1370. The molecule has 1 atom stereocenters. The predicted molar refractivity (Wildman–Crippen MR) is 137 cm³/mol. The smallest absolute Gasteiger partial charge is 0.242 e. The Morgan fingerprint density at radius 1 is 0.829 bits per heavy atom. The van der Waals surface area contributed by atoms with Gasteiger partial charge < -0.3 is 5.32 Å². The van der Waals surface area contributed by atoms with Crippen LogP contribution in [0.25, 0.3) is 0 Å². The summed E-state index contributed by atoms with van der Waals surface area (Å²) in [4.78, 5) is 13.1. The van der Waals surface area contributed by atoms with Crippen molar-refractivity contribution in [3.63, 3.8) is 0 Å². The van der Waals surface area contributed by atoms with Crippen LogP contribution in [0, 0.1) is 6.92 Å². The average molecular weight is 516 g/mol. The van der Waals surface area contributed by atoms with Gasteiger partial charge in [-0.1, -0.05) is 60.2 Å². The topological polar surface area (TPSA) is 104 Å². The molecule has 1 N–H and O–H groups in total. The van der Waals surface area contributed by atoms with Crippen molar-refractivity contribution >= 4 is 31.6 Å². The number of anilines is 1. The number of nitrogens with zero attached hydrogens (tertiary/aromatic N) is 2. The first-order valence-corrected chi connectivity index (χ1v) is 14.1. The molecule has 0 spiro atoms. The molecule has 8 nitrogen and oxygen atoms in total. The zero-order valence-corrected chi connectivity index (χ0v) is 21.7. The lowest BCUT2D eigenvalue weighted by atomic mass is 9.98. The van der Waals surface area contributed by atoms with Crippen LogP contribution in [0.2, 0.25) is 0 Å². The predicted octanol–water partition coefficient (Wildman–Crippen LogP) is 2.92. The molecule has 1 unspecified atom stereocenters. The Balaban J connectivity index is 1.88. The van der Waals surface area contributed by atoms with Crippen LogP contribution in [0.1, 0.15) is 22.7 Å². The standard InChI is InChI=1S/C25H29N3O5S2/c1-19-10-12-21(13-11-19)25(20-8-6-5-7-9-20)26-24(29)18-28(34(4,30)31)22-14-16-23(17-15-22)35(32,33)27(2)3/h5-17,25H,18H2,1-4H3,(H,26,29). The zero-order valence-electron chi connectivity index (χ0n) is 20.0. The van der Waals surface area contributed by atoms with Crippen molar-refractivity contribution in [1.82, 2.24) is 9.62 Å². The van der Waals surface area contributed by atoms with E-state index in [1.165, 1.54) is 38.4 Å². The van der Waals surface area contributed by atoms with E-state index in [2.05, 4.69) is 5.32 Å². The van der Waals surface area contributed by atoms with Gasteiger partial charge in [0.25, 0.3) is 0 Å². The molecule has 1 amide bonds. The first-order valence-electron chi connectivity index (χ1n) is 10.8. The number of rotatable bonds is 9. The lowest BCUT2D eigenvalue weighted by Crippen LogP contribution is -2.41. The molecule has 0 radical (unpaired) electrons. The summed E-state index contributed by atoms with van der Waals surface area (Å²) in [7, 11) is -4.69. The van der Waals surface area contributed by atoms with Crippen LogP contribution in [0.4, 0.5) is 5.69 Å². The second-order valence-corrected chi connectivity index (χ2v) is 12.4. The number of hydrogen-bond donors (Lipinski definition) is 1. The Labute approximate surface area is 207 Å². The molecule has 0 saturated carbocycles. The van der Waals surface area contributed by atoms with E-state index in [1.54, 1.807) is 0 Å². The van der Waals surface area contributed by atoms with Crippen molar-refractivity contribution in [3.05, 3.63) is 95.6 Å². The Morgan fingerprint density at radius 2 is 1.37 bits per heavy atom.